The van der Waals surface area contributed by atoms with E-state index < -0.39 is 5.91 Å². The van der Waals surface area contributed by atoms with Gasteiger partial charge in [-0.2, -0.15) is 5.26 Å². The summed E-state index contributed by atoms with van der Waals surface area (Å²) in [5.74, 6) is 0.914. The first kappa shape index (κ1) is 19.8. The monoisotopic (exact) mass is 362 g/mol. The maximum atomic E-state index is 12.5. The van der Waals surface area contributed by atoms with E-state index in [0.717, 1.165) is 16.9 Å². The lowest BCUT2D eigenvalue weighted by Gasteiger charge is -2.09. The topological polar surface area (TPSA) is 71.4 Å². The second kappa shape index (κ2) is 9.83. The van der Waals surface area contributed by atoms with E-state index in [0.29, 0.717) is 24.5 Å². The maximum absolute atomic E-state index is 12.5. The number of nitrogens with one attached hydrogen (secondary N) is 1. The maximum Gasteiger partial charge on any atom is 0.266 e. The molecule has 0 aliphatic heterocycles. The number of carbonyl (C=O) groups is 1. The molecule has 0 fully saturated rings. The first-order valence-electron chi connectivity index (χ1n) is 8.55. The Balaban J connectivity index is 2.24. The summed E-state index contributed by atoms with van der Waals surface area (Å²) < 4.78 is 10.7. The van der Waals surface area contributed by atoms with Gasteiger partial charge in [0.25, 0.3) is 5.91 Å². The predicted octanol–water partition coefficient (Wildman–Crippen LogP) is 4.37. The number of benzene rings is 2. The molecule has 0 heterocycles. The summed E-state index contributed by atoms with van der Waals surface area (Å²) in [6, 6.07) is 14.5. The summed E-state index contributed by atoms with van der Waals surface area (Å²) in [5, 5.41) is 12.1. The van der Waals surface area contributed by atoms with Gasteiger partial charge >= 0.3 is 0 Å². The number of carbonyl (C=O) groups excluding carboxylic acids is 1. The lowest BCUT2D eigenvalue weighted by atomic mass is 10.0. The van der Waals surface area contributed by atoms with Crippen LogP contribution in [0.4, 0.5) is 5.69 Å². The molecule has 0 aromatic heterocycles. The van der Waals surface area contributed by atoms with Crippen molar-refractivity contribution in [1.82, 2.24) is 0 Å². The number of hydrogen-bond acceptors (Lipinski definition) is 4. The van der Waals surface area contributed by atoms with Crippen LogP contribution in [0.2, 0.25) is 0 Å². The van der Waals surface area contributed by atoms with Gasteiger partial charge < -0.3 is 14.8 Å². The molecule has 0 saturated carbocycles. The van der Waals surface area contributed by atoms with Crippen LogP contribution >= 0.6 is 0 Å². The molecule has 0 unspecified atom stereocenters. The van der Waals surface area contributed by atoms with E-state index in [1.165, 1.54) is 0 Å². The third kappa shape index (κ3) is 5.48. The molecule has 1 amide bonds. The summed E-state index contributed by atoms with van der Waals surface area (Å²) in [7, 11) is 1.60. The zero-order valence-corrected chi connectivity index (χ0v) is 15.5. The third-order valence-electron chi connectivity index (χ3n) is 3.75. The number of nitrogens with zero attached hydrogens (tertiary/aromatic N) is 1. The highest BCUT2D eigenvalue weighted by atomic mass is 16.5. The van der Waals surface area contributed by atoms with E-state index >= 15 is 0 Å². The molecule has 5 nitrogen and oxygen atoms in total. The Morgan fingerprint density at radius 1 is 1.30 bits per heavy atom. The predicted molar refractivity (Wildman–Crippen MR) is 107 cm³/mol. The van der Waals surface area contributed by atoms with Gasteiger partial charge in [0.05, 0.1) is 13.7 Å². The smallest absolute Gasteiger partial charge is 0.266 e. The minimum Gasteiger partial charge on any atom is -0.496 e. The van der Waals surface area contributed by atoms with Crippen LogP contribution in [0, 0.1) is 11.3 Å². The first-order valence-corrected chi connectivity index (χ1v) is 8.55. The quantitative estimate of drug-likeness (QED) is 0.430. The van der Waals surface area contributed by atoms with Gasteiger partial charge in [-0.15, -0.1) is 6.58 Å². The van der Waals surface area contributed by atoms with E-state index in [1.54, 1.807) is 49.6 Å². The molecule has 0 radical (unpaired) electrons. The molecule has 0 aliphatic rings. The highest BCUT2D eigenvalue weighted by Gasteiger charge is 2.11. The van der Waals surface area contributed by atoms with Gasteiger partial charge in [-0.3, -0.25) is 4.79 Å². The van der Waals surface area contributed by atoms with Crippen molar-refractivity contribution in [2.45, 2.75) is 13.3 Å². The van der Waals surface area contributed by atoms with Gasteiger partial charge in [-0.1, -0.05) is 18.2 Å². The average molecular weight is 362 g/mol. The van der Waals surface area contributed by atoms with Gasteiger partial charge in [0.1, 0.15) is 23.1 Å². The molecule has 5 heteroatoms. The van der Waals surface area contributed by atoms with E-state index in [2.05, 4.69) is 11.9 Å². The van der Waals surface area contributed by atoms with Gasteiger partial charge in [-0.25, -0.2) is 0 Å². The van der Waals surface area contributed by atoms with Crippen molar-refractivity contribution in [1.29, 1.82) is 5.26 Å². The number of ether oxygens (including phenoxy) is 2. The second-order valence-electron chi connectivity index (χ2n) is 5.65. The molecule has 27 heavy (non-hydrogen) atoms. The molecule has 2 aromatic rings. The van der Waals surface area contributed by atoms with E-state index in [4.69, 9.17) is 9.47 Å². The van der Waals surface area contributed by atoms with Crippen LogP contribution in [0.1, 0.15) is 18.1 Å². The van der Waals surface area contributed by atoms with Gasteiger partial charge in [-0.05, 0) is 54.8 Å². The van der Waals surface area contributed by atoms with Gasteiger partial charge in [0.2, 0.25) is 0 Å². The second-order valence-corrected chi connectivity index (χ2v) is 5.65. The van der Waals surface area contributed by atoms with Crippen LogP contribution in [-0.4, -0.2) is 19.6 Å². The summed E-state index contributed by atoms with van der Waals surface area (Å²) in [4.78, 5) is 12.5. The van der Waals surface area contributed by atoms with Gasteiger partial charge in [0, 0.05) is 11.8 Å². The first-order chi connectivity index (χ1) is 13.1. The Morgan fingerprint density at radius 3 is 2.78 bits per heavy atom. The zero-order valence-electron chi connectivity index (χ0n) is 15.5. The molecule has 0 bridgehead atoms. The fourth-order valence-electron chi connectivity index (χ4n) is 2.55. The number of anilines is 1. The van der Waals surface area contributed by atoms with Crippen molar-refractivity contribution in [3.05, 3.63) is 71.8 Å². The van der Waals surface area contributed by atoms with E-state index in [9.17, 15) is 10.1 Å². The number of methoxy groups -OCH3 is 1. The van der Waals surface area contributed by atoms with Crippen molar-refractivity contribution in [2.75, 3.05) is 19.0 Å². The van der Waals surface area contributed by atoms with Crippen LogP contribution in [0.25, 0.3) is 6.08 Å². The van der Waals surface area contributed by atoms with Crippen LogP contribution in [0.3, 0.4) is 0 Å². The highest BCUT2D eigenvalue weighted by molar-refractivity contribution is 6.09. The minimum absolute atomic E-state index is 0.00605. The molecule has 0 atom stereocenters. The fraction of sp³-hybridized carbons (Fsp3) is 0.182. The molecule has 2 aromatic carbocycles. The summed E-state index contributed by atoms with van der Waals surface area (Å²) in [6.45, 7) is 6.15. The molecule has 1 N–H and O–H groups in total. The van der Waals surface area contributed by atoms with Crippen molar-refractivity contribution in [3.63, 3.8) is 0 Å². The largest absolute Gasteiger partial charge is 0.496 e. The van der Waals surface area contributed by atoms with Crippen molar-refractivity contribution < 1.29 is 14.3 Å². The Bertz CT molecular complexity index is 895. The van der Waals surface area contributed by atoms with E-state index in [1.807, 2.05) is 25.1 Å². The van der Waals surface area contributed by atoms with Crippen LogP contribution in [-0.2, 0) is 11.2 Å². The molecule has 2 rings (SSSR count). The van der Waals surface area contributed by atoms with E-state index in [-0.39, 0.29) is 5.57 Å². The fourth-order valence-corrected chi connectivity index (χ4v) is 2.55. The molecule has 138 valence electrons. The normalized spacial score (nSPS) is 10.6. The molecular weight excluding hydrogens is 340 g/mol. The third-order valence-corrected chi connectivity index (χ3v) is 3.75. The lowest BCUT2D eigenvalue weighted by molar-refractivity contribution is -0.112. The molecule has 0 spiro atoms. The number of hydrogen-bond donors (Lipinski definition) is 1. The van der Waals surface area contributed by atoms with Gasteiger partial charge in [0.15, 0.2) is 0 Å². The molecule has 0 aliphatic carbocycles. The SMILES string of the molecule is C=CCc1cc(/C=C(\C#N)C(=O)Nc2cccc(OCC)c2)ccc1OC. The number of rotatable bonds is 8. The number of nitriles is 1. The molecular formula is C22H22N2O3. The highest BCUT2D eigenvalue weighted by Crippen LogP contribution is 2.23. The summed E-state index contributed by atoms with van der Waals surface area (Å²) in [5.41, 5.74) is 2.24. The van der Waals surface area contributed by atoms with Crippen molar-refractivity contribution in [3.8, 4) is 17.6 Å². The summed E-state index contributed by atoms with van der Waals surface area (Å²) >= 11 is 0. The molecule has 0 saturated heterocycles. The van der Waals surface area contributed by atoms with Crippen LogP contribution < -0.4 is 14.8 Å². The average Bonchev–Trinajstić information content (AvgIpc) is 2.67. The lowest BCUT2D eigenvalue weighted by Crippen LogP contribution is -2.13. The summed E-state index contributed by atoms with van der Waals surface area (Å²) in [6.07, 6.45) is 3.95. The van der Waals surface area contributed by atoms with Crippen molar-refractivity contribution in [2.24, 2.45) is 0 Å². The Morgan fingerprint density at radius 2 is 2.11 bits per heavy atom. The standard InChI is InChI=1S/C22H22N2O3/c1-4-7-17-12-16(10-11-21(17)26-3)13-18(15-23)22(25)24-19-8-6-9-20(14-19)27-5-2/h4,6,8-14H,1,5,7H2,2-3H3,(H,24,25)/b18-13+. The number of allylic oxidation sites excluding steroid dienone is 1. The number of amides is 1. The van der Waals surface area contributed by atoms with Crippen LogP contribution in [0.5, 0.6) is 11.5 Å². The zero-order chi connectivity index (χ0) is 19.6. The Hall–Kier alpha value is -3.52. The Kier molecular flexibility index (Phi) is 7.21. The van der Waals surface area contributed by atoms with Crippen LogP contribution in [0.15, 0.2) is 60.7 Å². The van der Waals surface area contributed by atoms with Crippen molar-refractivity contribution >= 4 is 17.7 Å². The Labute approximate surface area is 159 Å². The minimum atomic E-state index is -0.479.